The van der Waals surface area contributed by atoms with Gasteiger partial charge in [-0.25, -0.2) is 4.79 Å². The van der Waals surface area contributed by atoms with Crippen LogP contribution in [0, 0.1) is 0 Å². The van der Waals surface area contributed by atoms with E-state index >= 15 is 0 Å². The number of hydrogen-bond donors (Lipinski definition) is 1. The lowest BCUT2D eigenvalue weighted by atomic mass is 10.2. The molecule has 0 aliphatic heterocycles. The number of nitrogens with zero attached hydrogens (tertiary/aromatic N) is 1. The zero-order chi connectivity index (χ0) is 23.4. The Labute approximate surface area is 204 Å². The number of nitrogens with one attached hydrogen (secondary N) is 1. The number of amides is 1. The quantitative estimate of drug-likeness (QED) is 0.234. The predicted molar refractivity (Wildman–Crippen MR) is 130 cm³/mol. The zero-order valence-electron chi connectivity index (χ0n) is 17.6. The van der Waals surface area contributed by atoms with E-state index in [9.17, 15) is 9.59 Å². The molecule has 0 fully saturated rings. The van der Waals surface area contributed by atoms with Crippen LogP contribution in [0.4, 0.5) is 0 Å². The van der Waals surface area contributed by atoms with Crippen LogP contribution in [-0.2, 0) is 17.0 Å². The van der Waals surface area contributed by atoms with Crippen molar-refractivity contribution in [3.05, 3.63) is 87.9 Å². The summed E-state index contributed by atoms with van der Waals surface area (Å²) in [5, 5.41) is 4.81. The van der Waals surface area contributed by atoms with Gasteiger partial charge >= 0.3 is 5.97 Å². The van der Waals surface area contributed by atoms with Gasteiger partial charge in [0.15, 0.2) is 0 Å². The van der Waals surface area contributed by atoms with Crippen LogP contribution >= 0.6 is 35.0 Å². The van der Waals surface area contributed by atoms with Gasteiger partial charge in [0.05, 0.1) is 23.4 Å². The largest absolute Gasteiger partial charge is 0.463 e. The third kappa shape index (κ3) is 5.38. The van der Waals surface area contributed by atoms with Crippen molar-refractivity contribution in [2.45, 2.75) is 17.2 Å². The molecule has 0 atom stereocenters. The number of ether oxygens (including phenoxy) is 1. The summed E-state index contributed by atoms with van der Waals surface area (Å²) in [5.74, 6) is 0.694. The van der Waals surface area contributed by atoms with Gasteiger partial charge in [-0.3, -0.25) is 4.79 Å². The third-order valence-corrected chi connectivity index (χ3v) is 6.60. The smallest absolute Gasteiger partial charge is 0.373 e. The second-order valence-electron chi connectivity index (χ2n) is 7.13. The highest BCUT2D eigenvalue weighted by Crippen LogP contribution is 2.32. The van der Waals surface area contributed by atoms with E-state index in [1.54, 1.807) is 42.1 Å². The second kappa shape index (κ2) is 10.4. The number of carbonyl (C=O) groups is 2. The van der Waals surface area contributed by atoms with Crippen molar-refractivity contribution < 1.29 is 18.7 Å². The first-order chi connectivity index (χ1) is 16.0. The van der Waals surface area contributed by atoms with Gasteiger partial charge in [0, 0.05) is 40.1 Å². The van der Waals surface area contributed by atoms with Gasteiger partial charge < -0.3 is 19.0 Å². The molecule has 6 nitrogen and oxygen atoms in total. The standard InChI is InChI=1S/C24H20Cl2N2O4S/c1-31-24(30)21-9-7-16(32-21)14-33-22-13-28(20-5-3-2-4-18(20)22)11-10-27-23(29)17-8-6-15(25)12-19(17)26/h2-9,12-13H,10-11,14H2,1H3,(H,27,29). The predicted octanol–water partition coefficient (Wildman–Crippen LogP) is 6.05. The van der Waals surface area contributed by atoms with Crippen LogP contribution in [0.5, 0.6) is 0 Å². The molecule has 4 rings (SSSR count). The summed E-state index contributed by atoms with van der Waals surface area (Å²) in [6, 6.07) is 16.3. The highest BCUT2D eigenvalue weighted by atomic mass is 35.5. The first-order valence-electron chi connectivity index (χ1n) is 10.1. The van der Waals surface area contributed by atoms with Gasteiger partial charge in [-0.05, 0) is 36.4 Å². The van der Waals surface area contributed by atoms with E-state index in [-0.39, 0.29) is 11.7 Å². The van der Waals surface area contributed by atoms with E-state index in [4.69, 9.17) is 27.6 Å². The minimum Gasteiger partial charge on any atom is -0.463 e. The lowest BCUT2D eigenvalue weighted by Crippen LogP contribution is -2.27. The molecule has 2 aromatic heterocycles. The number of hydrogen-bond acceptors (Lipinski definition) is 5. The molecule has 1 amide bonds. The van der Waals surface area contributed by atoms with Gasteiger partial charge in [-0.2, -0.15) is 0 Å². The van der Waals surface area contributed by atoms with E-state index in [0.29, 0.717) is 40.2 Å². The number of carbonyl (C=O) groups excluding carboxylic acids is 2. The van der Waals surface area contributed by atoms with Crippen LogP contribution in [-0.4, -0.2) is 30.1 Å². The maximum atomic E-state index is 12.5. The lowest BCUT2D eigenvalue weighted by Gasteiger charge is -2.09. The van der Waals surface area contributed by atoms with Crippen LogP contribution in [0.3, 0.4) is 0 Å². The second-order valence-corrected chi connectivity index (χ2v) is 8.99. The Kier molecular flexibility index (Phi) is 7.33. The van der Waals surface area contributed by atoms with E-state index in [2.05, 4.69) is 26.9 Å². The Morgan fingerprint density at radius 2 is 1.94 bits per heavy atom. The number of esters is 1. The van der Waals surface area contributed by atoms with E-state index in [1.807, 2.05) is 18.2 Å². The van der Waals surface area contributed by atoms with Crippen LogP contribution in [0.25, 0.3) is 10.9 Å². The molecule has 9 heteroatoms. The summed E-state index contributed by atoms with van der Waals surface area (Å²) in [7, 11) is 1.32. The van der Waals surface area contributed by atoms with Crippen molar-refractivity contribution in [2.75, 3.05) is 13.7 Å². The van der Waals surface area contributed by atoms with Crippen molar-refractivity contribution in [1.29, 1.82) is 0 Å². The fraction of sp³-hybridized carbons (Fsp3) is 0.167. The minimum atomic E-state index is -0.496. The monoisotopic (exact) mass is 502 g/mol. The number of para-hydroxylation sites is 1. The van der Waals surface area contributed by atoms with E-state index < -0.39 is 5.97 Å². The Balaban J connectivity index is 1.43. The molecule has 2 aromatic carbocycles. The maximum Gasteiger partial charge on any atom is 0.373 e. The molecule has 0 aliphatic carbocycles. The molecule has 0 spiro atoms. The Hall–Kier alpha value is -2.87. The van der Waals surface area contributed by atoms with Gasteiger partial charge in [0.25, 0.3) is 5.91 Å². The molecule has 0 bridgehead atoms. The minimum absolute atomic E-state index is 0.187. The summed E-state index contributed by atoms with van der Waals surface area (Å²) >= 11 is 13.6. The van der Waals surface area contributed by atoms with Gasteiger partial charge in [-0.15, -0.1) is 11.8 Å². The molecule has 1 N–H and O–H groups in total. The summed E-state index contributed by atoms with van der Waals surface area (Å²) in [6.45, 7) is 1.02. The number of fused-ring (bicyclic) bond motifs is 1. The summed E-state index contributed by atoms with van der Waals surface area (Å²) < 4.78 is 12.3. The highest BCUT2D eigenvalue weighted by molar-refractivity contribution is 7.98. The SMILES string of the molecule is COC(=O)c1ccc(CSc2cn(CCNC(=O)c3ccc(Cl)cc3Cl)c3ccccc23)o1. The Bertz CT molecular complexity index is 1320. The van der Waals surface area contributed by atoms with Gasteiger partial charge in [-0.1, -0.05) is 41.4 Å². The third-order valence-electron chi connectivity index (χ3n) is 4.98. The van der Waals surface area contributed by atoms with Crippen molar-refractivity contribution in [3.63, 3.8) is 0 Å². The molecule has 4 aromatic rings. The number of thioether (sulfide) groups is 1. The number of rotatable bonds is 8. The van der Waals surface area contributed by atoms with Crippen LogP contribution in [0.15, 0.2) is 70.1 Å². The molecule has 2 heterocycles. The fourth-order valence-electron chi connectivity index (χ4n) is 3.39. The number of furan rings is 1. The molecule has 0 saturated heterocycles. The van der Waals surface area contributed by atoms with Crippen LogP contribution in [0.1, 0.15) is 26.7 Å². The Morgan fingerprint density at radius 1 is 1.12 bits per heavy atom. The number of halogens is 2. The van der Waals surface area contributed by atoms with E-state index in [0.717, 1.165) is 15.8 Å². The number of methoxy groups -OCH3 is 1. The summed E-state index contributed by atoms with van der Waals surface area (Å²) in [6.07, 6.45) is 2.06. The molecular formula is C24H20Cl2N2O4S. The number of benzene rings is 2. The molecule has 170 valence electrons. The molecule has 0 unspecified atom stereocenters. The fourth-order valence-corrected chi connectivity index (χ4v) is 4.86. The number of aromatic nitrogens is 1. The summed E-state index contributed by atoms with van der Waals surface area (Å²) in [4.78, 5) is 25.1. The van der Waals surface area contributed by atoms with E-state index in [1.165, 1.54) is 7.11 Å². The average Bonchev–Trinajstić information content (AvgIpc) is 3.42. The maximum absolute atomic E-state index is 12.5. The normalized spacial score (nSPS) is 11.0. The van der Waals surface area contributed by atoms with Gasteiger partial charge in [0.2, 0.25) is 5.76 Å². The summed E-state index contributed by atoms with van der Waals surface area (Å²) in [5.41, 5.74) is 1.45. The molecule has 33 heavy (non-hydrogen) atoms. The lowest BCUT2D eigenvalue weighted by molar-refractivity contribution is 0.0563. The van der Waals surface area contributed by atoms with Gasteiger partial charge in [0.1, 0.15) is 5.76 Å². The molecular weight excluding hydrogens is 483 g/mol. The topological polar surface area (TPSA) is 73.5 Å². The molecule has 0 saturated carbocycles. The van der Waals surface area contributed by atoms with Crippen molar-refractivity contribution in [1.82, 2.24) is 9.88 Å². The van der Waals surface area contributed by atoms with Crippen molar-refractivity contribution >= 4 is 57.7 Å². The van der Waals surface area contributed by atoms with Crippen LogP contribution in [0.2, 0.25) is 10.0 Å². The van der Waals surface area contributed by atoms with Crippen LogP contribution < -0.4 is 5.32 Å². The average molecular weight is 503 g/mol. The molecule has 0 aliphatic rings. The highest BCUT2D eigenvalue weighted by Gasteiger charge is 2.14. The van der Waals surface area contributed by atoms with Crippen molar-refractivity contribution in [3.8, 4) is 0 Å². The van der Waals surface area contributed by atoms with Crippen molar-refractivity contribution in [2.24, 2.45) is 0 Å². The first kappa shape index (κ1) is 23.3. The zero-order valence-corrected chi connectivity index (χ0v) is 20.0. The Morgan fingerprint density at radius 3 is 2.73 bits per heavy atom. The first-order valence-corrected chi connectivity index (χ1v) is 11.8. The molecule has 0 radical (unpaired) electrons.